The molecule has 1 fully saturated rings. The van der Waals surface area contributed by atoms with Crippen molar-refractivity contribution in [3.63, 3.8) is 0 Å². The molecule has 0 saturated carbocycles. The molecule has 0 bridgehead atoms. The number of nitrogens with zero attached hydrogens (tertiary/aromatic N) is 2. The molecule has 0 aromatic heterocycles. The summed E-state index contributed by atoms with van der Waals surface area (Å²) in [6, 6.07) is 7.61. The third kappa shape index (κ3) is 9.43. The molecule has 1 aromatic carbocycles. The van der Waals surface area contributed by atoms with E-state index in [2.05, 4.69) is 20.5 Å². The molecule has 1 atom stereocenters. The normalized spacial score (nSPS) is 16.4. The summed E-state index contributed by atoms with van der Waals surface area (Å²) in [4.78, 5) is 7.04. The molecular formula is C21H37IN4O2. The van der Waals surface area contributed by atoms with Gasteiger partial charge in [-0.1, -0.05) is 18.6 Å². The van der Waals surface area contributed by atoms with Gasteiger partial charge in [-0.3, -0.25) is 4.99 Å². The van der Waals surface area contributed by atoms with Gasteiger partial charge in [0.05, 0.1) is 18.8 Å². The number of piperidine rings is 1. The van der Waals surface area contributed by atoms with Gasteiger partial charge in [0, 0.05) is 19.6 Å². The van der Waals surface area contributed by atoms with Crippen molar-refractivity contribution in [3.8, 4) is 5.75 Å². The van der Waals surface area contributed by atoms with Gasteiger partial charge in [-0.15, -0.1) is 24.0 Å². The molecule has 0 aliphatic carbocycles. The highest BCUT2D eigenvalue weighted by atomic mass is 127. The summed E-state index contributed by atoms with van der Waals surface area (Å²) in [6.45, 7) is 11.4. The van der Waals surface area contributed by atoms with E-state index < -0.39 is 6.10 Å². The Bertz CT molecular complexity index is 577. The lowest BCUT2D eigenvalue weighted by Crippen LogP contribution is -2.42. The first-order chi connectivity index (χ1) is 13.1. The molecule has 1 unspecified atom stereocenters. The quantitative estimate of drug-likeness (QED) is 0.274. The van der Waals surface area contributed by atoms with Crippen LogP contribution in [-0.2, 0) is 0 Å². The minimum atomic E-state index is -0.654. The van der Waals surface area contributed by atoms with E-state index in [1.54, 1.807) is 0 Å². The third-order valence-corrected chi connectivity index (χ3v) is 4.55. The number of aliphatic hydroxyl groups excluding tert-OH is 1. The Morgan fingerprint density at radius 1 is 1.21 bits per heavy atom. The minimum Gasteiger partial charge on any atom is -0.491 e. The Labute approximate surface area is 187 Å². The Kier molecular flexibility index (Phi) is 12.5. The number of nitrogens with one attached hydrogen (secondary N) is 2. The summed E-state index contributed by atoms with van der Waals surface area (Å²) < 4.78 is 5.70. The Balaban J connectivity index is 0.00000392. The molecule has 0 spiro atoms. The van der Waals surface area contributed by atoms with Crippen molar-refractivity contribution in [3.05, 3.63) is 29.8 Å². The fraction of sp³-hybridized carbons (Fsp3) is 0.667. The van der Waals surface area contributed by atoms with Crippen molar-refractivity contribution >= 4 is 29.9 Å². The van der Waals surface area contributed by atoms with Gasteiger partial charge in [0.25, 0.3) is 0 Å². The van der Waals surface area contributed by atoms with Crippen molar-refractivity contribution in [2.24, 2.45) is 4.99 Å². The zero-order chi connectivity index (χ0) is 19.5. The maximum atomic E-state index is 10.5. The molecule has 1 saturated heterocycles. The Morgan fingerprint density at radius 2 is 1.96 bits per heavy atom. The van der Waals surface area contributed by atoms with Gasteiger partial charge < -0.3 is 25.4 Å². The van der Waals surface area contributed by atoms with Crippen LogP contribution in [0, 0.1) is 0 Å². The molecule has 6 nitrogen and oxygen atoms in total. The van der Waals surface area contributed by atoms with Gasteiger partial charge in [0.2, 0.25) is 0 Å². The van der Waals surface area contributed by atoms with Crippen LogP contribution < -0.4 is 15.4 Å². The first-order valence-electron chi connectivity index (χ1n) is 10.3. The number of ether oxygens (including phenoxy) is 1. The maximum absolute atomic E-state index is 10.5. The zero-order valence-electron chi connectivity index (χ0n) is 17.5. The first kappa shape index (κ1) is 25.0. The fourth-order valence-corrected chi connectivity index (χ4v) is 3.21. The van der Waals surface area contributed by atoms with Crippen molar-refractivity contribution in [2.45, 2.75) is 52.2 Å². The number of likely N-dealkylation sites (tertiary alicyclic amines) is 1. The standard InChI is InChI=1S/C21H36N4O2.HI/c1-4-22-21(23-11-14-25-12-6-5-7-13-25)24-16-20(26)18-9-8-10-19(15-18)27-17(2)3;/h8-10,15,17,20,26H,4-7,11-14,16H2,1-3H3,(H2,22,23,24);1H. The van der Waals surface area contributed by atoms with Gasteiger partial charge in [0.15, 0.2) is 5.96 Å². The summed E-state index contributed by atoms with van der Waals surface area (Å²) in [5, 5.41) is 17.1. The summed E-state index contributed by atoms with van der Waals surface area (Å²) in [5.41, 5.74) is 0.820. The molecule has 0 amide bonds. The van der Waals surface area contributed by atoms with E-state index in [9.17, 15) is 5.11 Å². The number of benzene rings is 1. The van der Waals surface area contributed by atoms with E-state index in [-0.39, 0.29) is 30.1 Å². The Morgan fingerprint density at radius 3 is 2.64 bits per heavy atom. The van der Waals surface area contributed by atoms with Crippen LogP contribution in [0.5, 0.6) is 5.75 Å². The molecule has 28 heavy (non-hydrogen) atoms. The van der Waals surface area contributed by atoms with Crippen LogP contribution in [0.2, 0.25) is 0 Å². The molecular weight excluding hydrogens is 467 g/mol. The van der Waals surface area contributed by atoms with E-state index >= 15 is 0 Å². The first-order valence-corrected chi connectivity index (χ1v) is 10.3. The number of aliphatic imine (C=N–C) groups is 1. The number of hydrogen-bond acceptors (Lipinski definition) is 4. The number of guanidine groups is 1. The molecule has 0 radical (unpaired) electrons. The molecule has 2 rings (SSSR count). The summed E-state index contributed by atoms with van der Waals surface area (Å²) in [5.74, 6) is 1.53. The number of rotatable bonds is 9. The van der Waals surface area contributed by atoms with Crippen LogP contribution in [0.15, 0.2) is 29.3 Å². The summed E-state index contributed by atoms with van der Waals surface area (Å²) >= 11 is 0. The number of halogens is 1. The molecule has 7 heteroatoms. The second-order valence-corrected chi connectivity index (χ2v) is 7.30. The van der Waals surface area contributed by atoms with Crippen molar-refractivity contribution in [1.82, 2.24) is 15.5 Å². The van der Waals surface area contributed by atoms with Crippen LogP contribution in [0.3, 0.4) is 0 Å². The lowest BCUT2D eigenvalue weighted by Gasteiger charge is -2.26. The Hall–Kier alpha value is -1.06. The monoisotopic (exact) mass is 504 g/mol. The van der Waals surface area contributed by atoms with E-state index in [0.29, 0.717) is 6.54 Å². The lowest BCUT2D eigenvalue weighted by molar-refractivity contribution is 0.185. The van der Waals surface area contributed by atoms with Gasteiger partial charge in [-0.2, -0.15) is 0 Å². The van der Waals surface area contributed by atoms with Crippen molar-refractivity contribution < 1.29 is 9.84 Å². The topological polar surface area (TPSA) is 69.1 Å². The van der Waals surface area contributed by atoms with Crippen LogP contribution >= 0.6 is 24.0 Å². The molecule has 160 valence electrons. The molecule has 1 aliphatic heterocycles. The second-order valence-electron chi connectivity index (χ2n) is 7.30. The summed E-state index contributed by atoms with van der Waals surface area (Å²) in [6.07, 6.45) is 3.42. The number of hydrogen-bond donors (Lipinski definition) is 3. The smallest absolute Gasteiger partial charge is 0.191 e. The average molecular weight is 504 g/mol. The van der Waals surface area contributed by atoms with Crippen LogP contribution in [0.1, 0.15) is 51.7 Å². The maximum Gasteiger partial charge on any atom is 0.191 e. The molecule has 3 N–H and O–H groups in total. The van der Waals surface area contributed by atoms with E-state index in [1.807, 2.05) is 45.0 Å². The highest BCUT2D eigenvalue weighted by Crippen LogP contribution is 2.20. The van der Waals surface area contributed by atoms with Gasteiger partial charge >= 0.3 is 0 Å². The summed E-state index contributed by atoms with van der Waals surface area (Å²) in [7, 11) is 0. The van der Waals surface area contributed by atoms with Crippen molar-refractivity contribution in [2.75, 3.05) is 39.3 Å². The molecule has 1 heterocycles. The molecule has 1 aromatic rings. The SMILES string of the molecule is CCNC(=NCC(O)c1cccc(OC(C)C)c1)NCCN1CCCCC1.I. The van der Waals surface area contributed by atoms with Crippen LogP contribution in [0.4, 0.5) is 0 Å². The van der Waals surface area contributed by atoms with Crippen LogP contribution in [0.25, 0.3) is 0 Å². The highest BCUT2D eigenvalue weighted by molar-refractivity contribution is 14.0. The molecule has 1 aliphatic rings. The zero-order valence-corrected chi connectivity index (χ0v) is 19.8. The van der Waals surface area contributed by atoms with Crippen LogP contribution in [-0.4, -0.2) is 61.3 Å². The average Bonchev–Trinajstić information content (AvgIpc) is 2.66. The largest absolute Gasteiger partial charge is 0.491 e. The second kappa shape index (κ2) is 14.0. The van der Waals surface area contributed by atoms with E-state index in [4.69, 9.17) is 4.74 Å². The van der Waals surface area contributed by atoms with Gasteiger partial charge in [-0.25, -0.2) is 0 Å². The predicted molar refractivity (Wildman–Crippen MR) is 127 cm³/mol. The van der Waals surface area contributed by atoms with E-state index in [1.165, 1.54) is 32.4 Å². The predicted octanol–water partition coefficient (Wildman–Crippen LogP) is 3.17. The number of aliphatic hydroxyl groups is 1. The minimum absolute atomic E-state index is 0. The lowest BCUT2D eigenvalue weighted by atomic mass is 10.1. The van der Waals surface area contributed by atoms with E-state index in [0.717, 1.165) is 36.9 Å². The fourth-order valence-electron chi connectivity index (χ4n) is 3.21. The van der Waals surface area contributed by atoms with Crippen molar-refractivity contribution in [1.29, 1.82) is 0 Å². The third-order valence-electron chi connectivity index (χ3n) is 4.55. The van der Waals surface area contributed by atoms with Gasteiger partial charge in [-0.05, 0) is 64.4 Å². The highest BCUT2D eigenvalue weighted by Gasteiger charge is 2.11. The van der Waals surface area contributed by atoms with Gasteiger partial charge in [0.1, 0.15) is 5.75 Å².